The molecule has 29 heavy (non-hydrogen) atoms. The van der Waals surface area contributed by atoms with Crippen molar-refractivity contribution >= 4 is 6.09 Å². The molecule has 0 saturated carbocycles. The van der Waals surface area contributed by atoms with Crippen LogP contribution < -0.4 is 20.1 Å². The third kappa shape index (κ3) is 7.48. The number of nitrogens with one attached hydrogen (secondary N) is 2. The number of hydrogen-bond acceptors (Lipinski definition) is 5. The van der Waals surface area contributed by atoms with Crippen LogP contribution in [0, 0.1) is 0 Å². The van der Waals surface area contributed by atoms with Gasteiger partial charge in [0.2, 0.25) is 0 Å². The summed E-state index contributed by atoms with van der Waals surface area (Å²) >= 11 is 0. The standard InChI is InChI=1S/C22H28N2O5/c1-3-11-29-21-10-9-18(28-2)13-17(21)14-23-15-20(25)19(24-22(26)27)12-16-7-5-4-6-8-16/h3-10,13,19-20,23-25H,1,11-12,14-15H2,2H3,(H,26,27)/t19?,20-/m1/s1. The SMILES string of the molecule is C=CCOc1ccc(OC)cc1CNC[C@@H](O)C(Cc1ccccc1)NC(=O)O. The number of carboxylic acid groups (broad SMARTS) is 1. The van der Waals surface area contributed by atoms with Crippen molar-refractivity contribution in [3.8, 4) is 11.5 Å². The molecular formula is C22H28N2O5. The summed E-state index contributed by atoms with van der Waals surface area (Å²) in [5.41, 5.74) is 1.81. The van der Waals surface area contributed by atoms with E-state index in [0.717, 1.165) is 11.1 Å². The van der Waals surface area contributed by atoms with Crippen LogP contribution in [-0.4, -0.2) is 48.7 Å². The summed E-state index contributed by atoms with van der Waals surface area (Å²) in [5.74, 6) is 1.39. The van der Waals surface area contributed by atoms with E-state index < -0.39 is 18.2 Å². The molecular weight excluding hydrogens is 372 g/mol. The summed E-state index contributed by atoms with van der Waals surface area (Å²) in [6.07, 6.45) is -0.0212. The van der Waals surface area contributed by atoms with Gasteiger partial charge in [0.05, 0.1) is 19.3 Å². The molecule has 7 heteroatoms. The molecule has 2 atom stereocenters. The zero-order valence-electron chi connectivity index (χ0n) is 16.5. The predicted molar refractivity (Wildman–Crippen MR) is 111 cm³/mol. The Bertz CT molecular complexity index is 782. The van der Waals surface area contributed by atoms with Crippen molar-refractivity contribution in [2.45, 2.75) is 25.1 Å². The number of carbonyl (C=O) groups is 1. The maximum absolute atomic E-state index is 11.1. The van der Waals surface area contributed by atoms with Crippen LogP contribution in [0.2, 0.25) is 0 Å². The molecule has 4 N–H and O–H groups in total. The first-order chi connectivity index (χ1) is 14.0. The van der Waals surface area contributed by atoms with Crippen molar-refractivity contribution in [1.29, 1.82) is 0 Å². The molecule has 0 spiro atoms. The molecule has 2 aromatic carbocycles. The van der Waals surface area contributed by atoms with E-state index in [-0.39, 0.29) is 6.54 Å². The van der Waals surface area contributed by atoms with E-state index in [9.17, 15) is 9.90 Å². The van der Waals surface area contributed by atoms with Gasteiger partial charge in [0, 0.05) is 18.7 Å². The molecule has 0 aliphatic rings. The first-order valence-corrected chi connectivity index (χ1v) is 9.36. The summed E-state index contributed by atoms with van der Waals surface area (Å²) in [4.78, 5) is 11.1. The monoisotopic (exact) mass is 400 g/mol. The van der Waals surface area contributed by atoms with Crippen LogP contribution in [0.3, 0.4) is 0 Å². The smallest absolute Gasteiger partial charge is 0.404 e. The normalized spacial score (nSPS) is 12.6. The molecule has 0 fully saturated rings. The van der Waals surface area contributed by atoms with Crippen LogP contribution in [0.25, 0.3) is 0 Å². The van der Waals surface area contributed by atoms with E-state index >= 15 is 0 Å². The number of ether oxygens (including phenoxy) is 2. The average Bonchev–Trinajstić information content (AvgIpc) is 2.72. The van der Waals surface area contributed by atoms with Crippen LogP contribution in [0.5, 0.6) is 11.5 Å². The molecule has 2 aromatic rings. The fourth-order valence-corrected chi connectivity index (χ4v) is 2.92. The van der Waals surface area contributed by atoms with E-state index in [0.29, 0.717) is 31.1 Å². The van der Waals surface area contributed by atoms with Crippen molar-refractivity contribution in [2.75, 3.05) is 20.3 Å². The molecule has 0 radical (unpaired) electrons. The van der Waals surface area contributed by atoms with E-state index in [1.807, 2.05) is 48.5 Å². The minimum absolute atomic E-state index is 0.204. The second-order valence-corrected chi connectivity index (χ2v) is 6.52. The Hall–Kier alpha value is -3.03. The van der Waals surface area contributed by atoms with Crippen molar-refractivity contribution in [1.82, 2.24) is 10.6 Å². The van der Waals surface area contributed by atoms with Crippen molar-refractivity contribution < 1.29 is 24.5 Å². The van der Waals surface area contributed by atoms with Crippen molar-refractivity contribution in [2.24, 2.45) is 0 Å². The van der Waals surface area contributed by atoms with E-state index in [1.54, 1.807) is 13.2 Å². The van der Waals surface area contributed by atoms with E-state index in [2.05, 4.69) is 17.2 Å². The maximum Gasteiger partial charge on any atom is 0.404 e. The summed E-state index contributed by atoms with van der Waals surface area (Å²) in [6, 6.07) is 14.3. The van der Waals surface area contributed by atoms with Gasteiger partial charge in [0.15, 0.2) is 0 Å². The number of amides is 1. The fourth-order valence-electron chi connectivity index (χ4n) is 2.92. The van der Waals surface area contributed by atoms with Gasteiger partial charge in [-0.2, -0.15) is 0 Å². The lowest BCUT2D eigenvalue weighted by Crippen LogP contribution is -2.48. The van der Waals surface area contributed by atoms with Gasteiger partial charge in [-0.15, -0.1) is 0 Å². The van der Waals surface area contributed by atoms with Crippen LogP contribution in [0.4, 0.5) is 4.79 Å². The average molecular weight is 400 g/mol. The largest absolute Gasteiger partial charge is 0.497 e. The third-order valence-corrected chi connectivity index (χ3v) is 4.37. The molecule has 7 nitrogen and oxygen atoms in total. The molecule has 0 saturated heterocycles. The number of aliphatic hydroxyl groups is 1. The Labute approximate surface area is 171 Å². The second kappa shape index (κ2) is 11.7. The molecule has 156 valence electrons. The summed E-state index contributed by atoms with van der Waals surface area (Å²) in [5, 5.41) is 25.2. The highest BCUT2D eigenvalue weighted by molar-refractivity contribution is 5.65. The fraction of sp³-hybridized carbons (Fsp3) is 0.318. The Morgan fingerprint density at radius 1 is 1.24 bits per heavy atom. The first-order valence-electron chi connectivity index (χ1n) is 9.36. The molecule has 0 aliphatic carbocycles. The van der Waals surface area contributed by atoms with E-state index in [4.69, 9.17) is 14.6 Å². The van der Waals surface area contributed by atoms with Crippen molar-refractivity contribution in [3.63, 3.8) is 0 Å². The molecule has 0 aromatic heterocycles. The first kappa shape index (κ1) is 22.3. The van der Waals surface area contributed by atoms with Gasteiger partial charge >= 0.3 is 6.09 Å². The van der Waals surface area contributed by atoms with Gasteiger partial charge in [-0.3, -0.25) is 0 Å². The minimum Gasteiger partial charge on any atom is -0.497 e. The van der Waals surface area contributed by atoms with Gasteiger partial charge in [-0.05, 0) is 30.2 Å². The minimum atomic E-state index is -1.17. The number of aliphatic hydroxyl groups excluding tert-OH is 1. The second-order valence-electron chi connectivity index (χ2n) is 6.52. The number of rotatable bonds is 12. The Balaban J connectivity index is 1.99. The topological polar surface area (TPSA) is 100 Å². The highest BCUT2D eigenvalue weighted by Gasteiger charge is 2.21. The van der Waals surface area contributed by atoms with Gasteiger partial charge in [0.25, 0.3) is 0 Å². The highest BCUT2D eigenvalue weighted by Crippen LogP contribution is 2.24. The number of benzene rings is 2. The highest BCUT2D eigenvalue weighted by atomic mass is 16.5. The summed E-state index contributed by atoms with van der Waals surface area (Å²) in [7, 11) is 1.59. The summed E-state index contributed by atoms with van der Waals surface area (Å²) < 4.78 is 10.9. The lowest BCUT2D eigenvalue weighted by Gasteiger charge is -2.23. The van der Waals surface area contributed by atoms with Crippen LogP contribution in [0.15, 0.2) is 61.2 Å². The van der Waals surface area contributed by atoms with Gasteiger partial charge < -0.3 is 30.3 Å². The third-order valence-electron chi connectivity index (χ3n) is 4.37. The van der Waals surface area contributed by atoms with E-state index in [1.165, 1.54) is 0 Å². The molecule has 2 rings (SSSR count). The van der Waals surface area contributed by atoms with Crippen LogP contribution in [0.1, 0.15) is 11.1 Å². The maximum atomic E-state index is 11.1. The zero-order chi connectivity index (χ0) is 21.1. The zero-order valence-corrected chi connectivity index (χ0v) is 16.5. The van der Waals surface area contributed by atoms with Gasteiger partial charge in [-0.25, -0.2) is 4.79 Å². The lowest BCUT2D eigenvalue weighted by molar-refractivity contribution is 0.117. The summed E-state index contributed by atoms with van der Waals surface area (Å²) in [6.45, 7) is 4.65. The Kier molecular flexibility index (Phi) is 9.01. The molecule has 1 unspecified atom stereocenters. The van der Waals surface area contributed by atoms with Crippen LogP contribution >= 0.6 is 0 Å². The Morgan fingerprint density at radius 3 is 2.66 bits per heavy atom. The van der Waals surface area contributed by atoms with Gasteiger partial charge in [0.1, 0.15) is 18.1 Å². The molecule has 1 amide bonds. The lowest BCUT2D eigenvalue weighted by atomic mass is 10.0. The van der Waals surface area contributed by atoms with Gasteiger partial charge in [-0.1, -0.05) is 43.0 Å². The molecule has 0 heterocycles. The van der Waals surface area contributed by atoms with Crippen LogP contribution in [-0.2, 0) is 13.0 Å². The number of hydrogen-bond donors (Lipinski definition) is 4. The predicted octanol–water partition coefficient (Wildman–Crippen LogP) is 2.59. The molecule has 0 bridgehead atoms. The number of methoxy groups -OCH3 is 1. The van der Waals surface area contributed by atoms with Crippen molar-refractivity contribution in [3.05, 3.63) is 72.3 Å². The Morgan fingerprint density at radius 2 is 2.00 bits per heavy atom. The quantitative estimate of drug-likeness (QED) is 0.409. The molecule has 0 aliphatic heterocycles.